The first-order valence-electron chi connectivity index (χ1n) is 11.9. The van der Waals surface area contributed by atoms with E-state index in [2.05, 4.69) is 25.1 Å². The van der Waals surface area contributed by atoms with Gasteiger partial charge >= 0.3 is 6.09 Å². The Morgan fingerprint density at radius 3 is 2.81 bits per heavy atom. The van der Waals surface area contributed by atoms with Crippen molar-refractivity contribution in [1.29, 1.82) is 0 Å². The van der Waals surface area contributed by atoms with Crippen LogP contribution in [0, 0.1) is 0 Å². The van der Waals surface area contributed by atoms with E-state index in [1.807, 2.05) is 36.4 Å². The zero-order valence-electron chi connectivity index (χ0n) is 19.8. The summed E-state index contributed by atoms with van der Waals surface area (Å²) < 4.78 is 11.1. The van der Waals surface area contributed by atoms with E-state index in [9.17, 15) is 9.59 Å². The van der Waals surface area contributed by atoms with Crippen molar-refractivity contribution in [1.82, 2.24) is 14.9 Å². The first-order valence-corrected chi connectivity index (χ1v) is 12.9. The molecule has 10 nitrogen and oxygen atoms in total. The first kappa shape index (κ1) is 22.9. The lowest BCUT2D eigenvalue weighted by atomic mass is 10.2. The number of rotatable bonds is 5. The van der Waals surface area contributed by atoms with Crippen molar-refractivity contribution in [3.05, 3.63) is 42.7 Å². The molecule has 36 heavy (non-hydrogen) atoms. The maximum absolute atomic E-state index is 12.6. The fourth-order valence-corrected chi connectivity index (χ4v) is 5.69. The molecule has 2 amide bonds. The molecule has 1 N–H and O–H groups in total. The largest absolute Gasteiger partial charge is 0.497 e. The van der Waals surface area contributed by atoms with Crippen LogP contribution in [0.4, 0.5) is 22.0 Å². The number of cyclic esters (lactones) is 1. The third-order valence-electron chi connectivity index (χ3n) is 6.74. The van der Waals surface area contributed by atoms with E-state index in [-0.39, 0.29) is 18.1 Å². The average Bonchev–Trinajstić information content (AvgIpc) is 3.27. The highest BCUT2D eigenvalue weighted by molar-refractivity contribution is 8.00. The molecule has 11 heteroatoms. The van der Waals surface area contributed by atoms with Crippen LogP contribution in [0.25, 0.3) is 10.9 Å². The second-order valence-electron chi connectivity index (χ2n) is 9.00. The molecule has 3 aliphatic heterocycles. The molecule has 0 radical (unpaired) electrons. The minimum atomic E-state index is -0.352. The average molecular weight is 507 g/mol. The normalized spacial score (nSPS) is 20.3. The number of ether oxygens (including phenoxy) is 2. The molecular weight excluding hydrogens is 480 g/mol. The standard InChI is InChI=1S/C25H26N6O4S/c1-34-17-3-4-20-19(11-17)24(27-15-26-20)30-8-6-29(7-9-30)12-18-13-31(25(33)35-18)16-2-5-22-21(10-16)28-23(32)14-36-22/h2-5,10-11,15,18H,6-9,12-14H2,1H3,(H,28,32)/t18-/m1/s1. The number of benzene rings is 2. The van der Waals surface area contributed by atoms with Crippen LogP contribution in [0.1, 0.15) is 0 Å². The topological polar surface area (TPSA) is 100 Å². The molecule has 1 atom stereocenters. The van der Waals surface area contributed by atoms with Gasteiger partial charge in [0.1, 0.15) is 24.0 Å². The van der Waals surface area contributed by atoms with E-state index < -0.39 is 0 Å². The van der Waals surface area contributed by atoms with Gasteiger partial charge in [0.2, 0.25) is 5.91 Å². The second kappa shape index (κ2) is 9.47. The van der Waals surface area contributed by atoms with E-state index >= 15 is 0 Å². The number of hydrogen-bond donors (Lipinski definition) is 1. The second-order valence-corrected chi connectivity index (χ2v) is 10.0. The molecule has 0 unspecified atom stereocenters. The molecule has 0 saturated carbocycles. The highest BCUT2D eigenvalue weighted by Crippen LogP contribution is 2.35. The summed E-state index contributed by atoms with van der Waals surface area (Å²) >= 11 is 1.50. The Balaban J connectivity index is 1.08. The van der Waals surface area contributed by atoms with Crippen molar-refractivity contribution in [3.8, 4) is 5.75 Å². The molecular formula is C25H26N6O4S. The molecule has 2 aromatic carbocycles. The summed E-state index contributed by atoms with van der Waals surface area (Å²) in [7, 11) is 1.66. The molecule has 186 valence electrons. The molecule has 3 aliphatic rings. The predicted octanol–water partition coefficient (Wildman–Crippen LogP) is 2.83. The lowest BCUT2D eigenvalue weighted by Gasteiger charge is -2.36. The van der Waals surface area contributed by atoms with E-state index in [1.165, 1.54) is 11.8 Å². The maximum Gasteiger partial charge on any atom is 0.414 e. The maximum atomic E-state index is 12.6. The number of aromatic nitrogens is 2. The van der Waals surface area contributed by atoms with Gasteiger partial charge in [0.15, 0.2) is 0 Å². The van der Waals surface area contributed by atoms with E-state index in [4.69, 9.17) is 9.47 Å². The van der Waals surface area contributed by atoms with Gasteiger partial charge in [-0.15, -0.1) is 11.8 Å². The van der Waals surface area contributed by atoms with Gasteiger partial charge < -0.3 is 19.7 Å². The molecule has 2 saturated heterocycles. The summed E-state index contributed by atoms with van der Waals surface area (Å²) in [5.74, 6) is 2.08. The van der Waals surface area contributed by atoms with Crippen molar-refractivity contribution in [2.24, 2.45) is 0 Å². The summed E-state index contributed by atoms with van der Waals surface area (Å²) in [6.07, 6.45) is 1.04. The van der Waals surface area contributed by atoms with Crippen molar-refractivity contribution in [3.63, 3.8) is 0 Å². The summed E-state index contributed by atoms with van der Waals surface area (Å²) in [6, 6.07) is 11.5. The number of methoxy groups -OCH3 is 1. The molecule has 1 aromatic heterocycles. The Bertz CT molecular complexity index is 1330. The monoisotopic (exact) mass is 506 g/mol. The summed E-state index contributed by atoms with van der Waals surface area (Å²) in [4.78, 5) is 40.6. The lowest BCUT2D eigenvalue weighted by Crippen LogP contribution is -2.49. The van der Waals surface area contributed by atoms with Gasteiger partial charge in [0.05, 0.1) is 30.6 Å². The Morgan fingerprint density at radius 1 is 1.11 bits per heavy atom. The highest BCUT2D eigenvalue weighted by atomic mass is 32.2. The number of nitrogens with zero attached hydrogens (tertiary/aromatic N) is 5. The van der Waals surface area contributed by atoms with Crippen molar-refractivity contribution in [2.45, 2.75) is 11.0 Å². The van der Waals surface area contributed by atoms with Gasteiger partial charge in [0.25, 0.3) is 0 Å². The Hall–Kier alpha value is -3.57. The third kappa shape index (κ3) is 4.40. The summed E-state index contributed by atoms with van der Waals surface area (Å²) in [5.41, 5.74) is 2.37. The summed E-state index contributed by atoms with van der Waals surface area (Å²) in [6.45, 7) is 4.46. The Labute approximate surface area is 212 Å². The number of carbonyl (C=O) groups is 2. The zero-order valence-corrected chi connectivity index (χ0v) is 20.7. The molecule has 3 aromatic rings. The van der Waals surface area contributed by atoms with Gasteiger partial charge in [-0.2, -0.15) is 0 Å². The third-order valence-corrected chi connectivity index (χ3v) is 7.81. The van der Waals surface area contributed by atoms with Gasteiger partial charge in [-0.05, 0) is 36.4 Å². The number of carbonyl (C=O) groups excluding carboxylic acids is 2. The van der Waals surface area contributed by atoms with Crippen LogP contribution in [0.5, 0.6) is 5.75 Å². The van der Waals surface area contributed by atoms with Crippen LogP contribution in [0.3, 0.4) is 0 Å². The zero-order chi connectivity index (χ0) is 24.6. The van der Waals surface area contributed by atoms with Gasteiger partial charge in [0, 0.05) is 48.7 Å². The van der Waals surface area contributed by atoms with Gasteiger partial charge in [-0.3, -0.25) is 14.6 Å². The number of piperazine rings is 1. The highest BCUT2D eigenvalue weighted by Gasteiger charge is 2.35. The van der Waals surface area contributed by atoms with Gasteiger partial charge in [-0.1, -0.05) is 0 Å². The Morgan fingerprint density at radius 2 is 1.97 bits per heavy atom. The van der Waals surface area contributed by atoms with Crippen LogP contribution < -0.4 is 19.9 Å². The van der Waals surface area contributed by atoms with Crippen LogP contribution in [0.15, 0.2) is 47.6 Å². The van der Waals surface area contributed by atoms with Crippen LogP contribution in [-0.4, -0.2) is 85.1 Å². The van der Waals surface area contributed by atoms with Crippen molar-refractivity contribution < 1.29 is 19.1 Å². The fourth-order valence-electron chi connectivity index (χ4n) is 4.90. The number of nitrogens with one attached hydrogen (secondary N) is 1. The number of hydrogen-bond acceptors (Lipinski definition) is 9. The first-order chi connectivity index (χ1) is 17.6. The molecule has 0 spiro atoms. The van der Waals surface area contributed by atoms with E-state index in [0.29, 0.717) is 18.8 Å². The fraction of sp³-hybridized carbons (Fsp3) is 0.360. The van der Waals surface area contributed by atoms with Crippen LogP contribution in [-0.2, 0) is 9.53 Å². The van der Waals surface area contributed by atoms with E-state index in [0.717, 1.165) is 64.9 Å². The predicted molar refractivity (Wildman–Crippen MR) is 138 cm³/mol. The minimum Gasteiger partial charge on any atom is -0.497 e. The number of thioether (sulfide) groups is 1. The minimum absolute atomic E-state index is 0.0280. The molecule has 0 aliphatic carbocycles. The van der Waals surface area contributed by atoms with Crippen LogP contribution >= 0.6 is 11.8 Å². The number of anilines is 3. The van der Waals surface area contributed by atoms with E-state index in [1.54, 1.807) is 18.3 Å². The van der Waals surface area contributed by atoms with Crippen LogP contribution in [0.2, 0.25) is 0 Å². The van der Waals surface area contributed by atoms with Crippen molar-refractivity contribution >= 4 is 51.9 Å². The number of fused-ring (bicyclic) bond motifs is 2. The molecule has 4 heterocycles. The van der Waals surface area contributed by atoms with Gasteiger partial charge in [-0.25, -0.2) is 14.8 Å². The summed E-state index contributed by atoms with van der Waals surface area (Å²) in [5, 5.41) is 3.86. The quantitative estimate of drug-likeness (QED) is 0.560. The SMILES string of the molecule is COc1ccc2ncnc(N3CCN(C[C@@H]4CN(c5ccc6c(c5)NC(=O)CS6)C(=O)O4)CC3)c2c1. The lowest BCUT2D eigenvalue weighted by molar-refractivity contribution is -0.113. The smallest absolute Gasteiger partial charge is 0.414 e. The molecule has 2 fully saturated rings. The molecule has 0 bridgehead atoms. The Kier molecular flexibility index (Phi) is 6.02. The molecule has 6 rings (SSSR count). The van der Waals surface area contributed by atoms with Crippen molar-refractivity contribution in [2.75, 3.05) is 67.2 Å². The number of amides is 2.